The van der Waals surface area contributed by atoms with Crippen molar-refractivity contribution < 1.29 is 9.53 Å². The number of nitrogens with one attached hydrogen (secondary N) is 1. The largest absolute Gasteiger partial charge is 0.483 e. The Morgan fingerprint density at radius 2 is 1.88 bits per heavy atom. The van der Waals surface area contributed by atoms with Crippen LogP contribution in [0.1, 0.15) is 30.9 Å². The van der Waals surface area contributed by atoms with Crippen molar-refractivity contribution in [2.24, 2.45) is 0 Å². The lowest BCUT2D eigenvalue weighted by Gasteiger charge is -2.18. The van der Waals surface area contributed by atoms with E-state index in [1.807, 2.05) is 56.3 Å². The minimum absolute atomic E-state index is 0.00899. The molecule has 2 aromatic carbocycles. The van der Waals surface area contributed by atoms with Gasteiger partial charge in [-0.05, 0) is 42.2 Å². The minimum Gasteiger partial charge on any atom is -0.483 e. The van der Waals surface area contributed by atoms with E-state index in [0.29, 0.717) is 5.92 Å². The van der Waals surface area contributed by atoms with Crippen LogP contribution in [0.5, 0.6) is 5.75 Å². The molecular weight excluding hydrogens is 300 g/mol. The summed E-state index contributed by atoms with van der Waals surface area (Å²) in [6.45, 7) is 6.24. The van der Waals surface area contributed by atoms with Gasteiger partial charge in [0.1, 0.15) is 5.75 Å². The second kappa shape index (κ2) is 7.86. The Bertz CT molecular complexity index is 709. The first-order valence-corrected chi connectivity index (χ1v) is 8.18. The fourth-order valence-corrected chi connectivity index (χ4v) is 2.54. The van der Waals surface area contributed by atoms with Gasteiger partial charge in [-0.25, -0.2) is 0 Å². The molecule has 0 saturated carbocycles. The van der Waals surface area contributed by atoms with Crippen molar-refractivity contribution >= 4 is 17.3 Å². The van der Waals surface area contributed by atoms with Crippen LogP contribution in [0.15, 0.2) is 42.5 Å². The highest BCUT2D eigenvalue weighted by Crippen LogP contribution is 2.28. The maximum Gasteiger partial charge on any atom is 0.262 e. The molecule has 0 fully saturated rings. The normalized spacial score (nSPS) is 10.6. The van der Waals surface area contributed by atoms with E-state index >= 15 is 0 Å². The Morgan fingerprint density at radius 1 is 1.17 bits per heavy atom. The lowest BCUT2D eigenvalue weighted by molar-refractivity contribution is -0.118. The Morgan fingerprint density at radius 3 is 2.54 bits per heavy atom. The average Bonchev–Trinajstić information content (AvgIpc) is 2.53. The Hall–Kier alpha value is -2.49. The highest BCUT2D eigenvalue weighted by molar-refractivity contribution is 5.95. The topological polar surface area (TPSA) is 41.6 Å². The monoisotopic (exact) mass is 326 g/mol. The summed E-state index contributed by atoms with van der Waals surface area (Å²) in [5, 5.41) is 2.92. The Balaban J connectivity index is 2.06. The van der Waals surface area contributed by atoms with Crippen LogP contribution < -0.4 is 15.0 Å². The number of benzene rings is 2. The molecule has 4 nitrogen and oxygen atoms in total. The quantitative estimate of drug-likeness (QED) is 0.865. The molecular formula is C20H26N2O2. The SMILES string of the molecule is Cc1ccc(C(C)C)c(OCC(=O)Nc2ccccc2N(C)C)c1. The fraction of sp³-hybridized carbons (Fsp3) is 0.350. The van der Waals surface area contributed by atoms with Gasteiger partial charge >= 0.3 is 0 Å². The van der Waals surface area contributed by atoms with Gasteiger partial charge in [0.2, 0.25) is 0 Å². The molecule has 0 aromatic heterocycles. The number of hydrogen-bond donors (Lipinski definition) is 1. The van der Waals surface area contributed by atoms with E-state index in [0.717, 1.165) is 28.3 Å². The summed E-state index contributed by atoms with van der Waals surface area (Å²) in [5.41, 5.74) is 3.98. The summed E-state index contributed by atoms with van der Waals surface area (Å²) in [5.74, 6) is 0.958. The summed E-state index contributed by atoms with van der Waals surface area (Å²) in [4.78, 5) is 14.2. The summed E-state index contributed by atoms with van der Waals surface area (Å²) in [7, 11) is 3.90. The third kappa shape index (κ3) is 4.51. The molecule has 2 rings (SSSR count). The van der Waals surface area contributed by atoms with Crippen molar-refractivity contribution in [2.75, 3.05) is 30.9 Å². The molecule has 0 aliphatic rings. The molecule has 0 saturated heterocycles. The van der Waals surface area contributed by atoms with Gasteiger partial charge in [-0.1, -0.05) is 38.1 Å². The van der Waals surface area contributed by atoms with E-state index in [4.69, 9.17) is 4.74 Å². The highest BCUT2D eigenvalue weighted by atomic mass is 16.5. The second-order valence-electron chi connectivity index (χ2n) is 6.44. The molecule has 4 heteroatoms. The minimum atomic E-state index is -0.166. The van der Waals surface area contributed by atoms with E-state index in [1.165, 1.54) is 0 Å². The number of aryl methyl sites for hydroxylation is 1. The molecule has 0 aliphatic carbocycles. The van der Waals surface area contributed by atoms with Crippen LogP contribution >= 0.6 is 0 Å². The third-order valence-electron chi connectivity index (χ3n) is 3.81. The van der Waals surface area contributed by atoms with Crippen molar-refractivity contribution in [1.29, 1.82) is 0 Å². The Kier molecular flexibility index (Phi) is 5.85. The molecule has 0 unspecified atom stereocenters. The third-order valence-corrected chi connectivity index (χ3v) is 3.81. The zero-order valence-electron chi connectivity index (χ0n) is 15.1. The molecule has 0 heterocycles. The molecule has 0 bridgehead atoms. The van der Waals surface area contributed by atoms with Crippen molar-refractivity contribution in [3.05, 3.63) is 53.6 Å². The van der Waals surface area contributed by atoms with Crippen LogP contribution in [0.4, 0.5) is 11.4 Å². The number of rotatable bonds is 6. The number of amides is 1. The van der Waals surface area contributed by atoms with Crippen LogP contribution in [0, 0.1) is 6.92 Å². The lowest BCUT2D eigenvalue weighted by atomic mass is 10.0. The molecule has 1 N–H and O–H groups in total. The highest BCUT2D eigenvalue weighted by Gasteiger charge is 2.12. The summed E-state index contributed by atoms with van der Waals surface area (Å²) >= 11 is 0. The van der Waals surface area contributed by atoms with Gasteiger partial charge in [0.15, 0.2) is 6.61 Å². The zero-order chi connectivity index (χ0) is 17.7. The first-order valence-electron chi connectivity index (χ1n) is 8.18. The molecule has 2 aromatic rings. The van der Waals surface area contributed by atoms with E-state index < -0.39 is 0 Å². The fourth-order valence-electron chi connectivity index (χ4n) is 2.54. The molecule has 0 atom stereocenters. The number of para-hydroxylation sites is 2. The number of carbonyl (C=O) groups excluding carboxylic acids is 1. The van der Waals surface area contributed by atoms with Gasteiger partial charge in [0.05, 0.1) is 11.4 Å². The molecule has 24 heavy (non-hydrogen) atoms. The van der Waals surface area contributed by atoms with Crippen LogP contribution in [0.25, 0.3) is 0 Å². The number of ether oxygens (including phenoxy) is 1. The van der Waals surface area contributed by atoms with Crippen LogP contribution in [0.3, 0.4) is 0 Å². The number of hydrogen-bond acceptors (Lipinski definition) is 3. The van der Waals surface area contributed by atoms with Crippen molar-refractivity contribution in [1.82, 2.24) is 0 Å². The van der Waals surface area contributed by atoms with Crippen LogP contribution in [-0.4, -0.2) is 26.6 Å². The maximum atomic E-state index is 12.3. The number of nitrogens with zero attached hydrogens (tertiary/aromatic N) is 1. The molecule has 128 valence electrons. The zero-order valence-corrected chi connectivity index (χ0v) is 15.1. The summed E-state index contributed by atoms with van der Waals surface area (Å²) in [6, 6.07) is 13.8. The van der Waals surface area contributed by atoms with Gasteiger partial charge in [-0.2, -0.15) is 0 Å². The van der Waals surface area contributed by atoms with Crippen molar-refractivity contribution in [3.63, 3.8) is 0 Å². The first kappa shape index (κ1) is 17.9. The Labute approximate surface area is 144 Å². The van der Waals surface area contributed by atoms with Crippen LogP contribution in [0.2, 0.25) is 0 Å². The molecule has 0 aliphatic heterocycles. The second-order valence-corrected chi connectivity index (χ2v) is 6.44. The predicted octanol–water partition coefficient (Wildman–Crippen LogP) is 4.20. The van der Waals surface area contributed by atoms with E-state index in [1.54, 1.807) is 0 Å². The summed E-state index contributed by atoms with van der Waals surface area (Å²) in [6.07, 6.45) is 0. The van der Waals surface area contributed by atoms with E-state index in [2.05, 4.69) is 31.3 Å². The smallest absolute Gasteiger partial charge is 0.262 e. The standard InChI is InChI=1S/C20H26N2O2/c1-14(2)16-11-10-15(3)12-19(16)24-13-20(23)21-17-8-6-7-9-18(17)22(4)5/h6-12,14H,13H2,1-5H3,(H,21,23). The lowest BCUT2D eigenvalue weighted by Crippen LogP contribution is -2.22. The van der Waals surface area contributed by atoms with Crippen LogP contribution in [-0.2, 0) is 4.79 Å². The number of anilines is 2. The van der Waals surface area contributed by atoms with Crippen molar-refractivity contribution in [2.45, 2.75) is 26.7 Å². The molecule has 1 amide bonds. The van der Waals surface area contributed by atoms with Gasteiger partial charge in [-0.15, -0.1) is 0 Å². The maximum absolute atomic E-state index is 12.3. The van der Waals surface area contributed by atoms with E-state index in [-0.39, 0.29) is 12.5 Å². The summed E-state index contributed by atoms with van der Waals surface area (Å²) < 4.78 is 5.79. The van der Waals surface area contributed by atoms with Gasteiger partial charge in [0.25, 0.3) is 5.91 Å². The van der Waals surface area contributed by atoms with E-state index in [9.17, 15) is 4.79 Å². The van der Waals surface area contributed by atoms with Gasteiger partial charge in [-0.3, -0.25) is 4.79 Å². The molecule has 0 radical (unpaired) electrons. The van der Waals surface area contributed by atoms with Gasteiger partial charge in [0, 0.05) is 14.1 Å². The van der Waals surface area contributed by atoms with Gasteiger partial charge < -0.3 is 15.0 Å². The predicted molar refractivity (Wildman–Crippen MR) is 100 cm³/mol. The molecule has 0 spiro atoms. The first-order chi connectivity index (χ1) is 11.4. The number of carbonyl (C=O) groups is 1. The average molecular weight is 326 g/mol. The van der Waals surface area contributed by atoms with Crippen molar-refractivity contribution in [3.8, 4) is 5.75 Å².